The molecule has 8 heteroatoms. The Hall–Kier alpha value is -2.35. The molecular weight excluding hydrogens is 352 g/mol. The maximum atomic E-state index is 13.5. The Morgan fingerprint density at radius 1 is 1.15 bits per heavy atom. The van der Waals surface area contributed by atoms with E-state index in [0.29, 0.717) is 6.54 Å². The van der Waals surface area contributed by atoms with Crippen molar-refractivity contribution in [3.05, 3.63) is 48.1 Å². The zero-order valence-corrected chi connectivity index (χ0v) is 15.2. The van der Waals surface area contributed by atoms with Gasteiger partial charge in [-0.3, -0.25) is 9.69 Å². The zero-order chi connectivity index (χ0) is 18.9. The molecule has 2 aliphatic rings. The van der Waals surface area contributed by atoms with Crippen LogP contribution in [0.2, 0.25) is 0 Å². The van der Waals surface area contributed by atoms with Crippen LogP contribution in [0.15, 0.2) is 30.9 Å². The third-order valence-electron chi connectivity index (χ3n) is 5.69. The fourth-order valence-corrected chi connectivity index (χ4v) is 4.38. The minimum atomic E-state index is -0.814. The molecule has 0 bridgehead atoms. The molecule has 1 aromatic carbocycles. The summed E-state index contributed by atoms with van der Waals surface area (Å²) in [4.78, 5) is 20.6. The number of nitrogens with zero attached hydrogens (tertiary/aromatic N) is 5. The predicted octanol–water partition coefficient (Wildman–Crippen LogP) is 2.07. The molecule has 0 unspecified atom stereocenters. The van der Waals surface area contributed by atoms with Crippen molar-refractivity contribution in [1.29, 1.82) is 0 Å². The summed E-state index contributed by atoms with van der Waals surface area (Å²) in [5.41, 5.74) is 0.873. The summed E-state index contributed by atoms with van der Waals surface area (Å²) < 4.78 is 28.2. The van der Waals surface area contributed by atoms with Crippen molar-refractivity contribution in [3.63, 3.8) is 0 Å². The van der Waals surface area contributed by atoms with Gasteiger partial charge in [0.05, 0.1) is 0 Å². The third kappa shape index (κ3) is 4.00. The first-order valence-corrected chi connectivity index (χ1v) is 9.30. The lowest BCUT2D eigenvalue weighted by Gasteiger charge is -2.40. The fraction of sp³-hybridized carbons (Fsp3) is 0.526. The number of likely N-dealkylation sites (tertiary alicyclic amines) is 2. The summed E-state index contributed by atoms with van der Waals surface area (Å²) in [5.74, 6) is -1.55. The molecule has 2 fully saturated rings. The first kappa shape index (κ1) is 18.0. The minimum absolute atomic E-state index is 0.0649. The van der Waals surface area contributed by atoms with Gasteiger partial charge >= 0.3 is 0 Å². The van der Waals surface area contributed by atoms with Crippen LogP contribution < -0.4 is 0 Å². The fourth-order valence-electron chi connectivity index (χ4n) is 4.38. The topological polar surface area (TPSA) is 54.3 Å². The molecule has 27 heavy (non-hydrogen) atoms. The highest BCUT2D eigenvalue weighted by atomic mass is 19.2. The highest BCUT2D eigenvalue weighted by molar-refractivity contribution is 5.76. The number of hydrogen-bond acceptors (Lipinski definition) is 4. The average molecular weight is 375 g/mol. The molecule has 2 saturated heterocycles. The van der Waals surface area contributed by atoms with E-state index in [9.17, 15) is 13.6 Å². The molecule has 0 saturated carbocycles. The van der Waals surface area contributed by atoms with Crippen LogP contribution in [-0.4, -0.2) is 56.7 Å². The van der Waals surface area contributed by atoms with Gasteiger partial charge in [0, 0.05) is 31.6 Å². The molecule has 1 atom stereocenters. The van der Waals surface area contributed by atoms with E-state index in [-0.39, 0.29) is 17.9 Å². The summed E-state index contributed by atoms with van der Waals surface area (Å²) in [5, 5.41) is 4.00. The lowest BCUT2D eigenvalue weighted by Crippen LogP contribution is -2.45. The van der Waals surface area contributed by atoms with Crippen LogP contribution in [0.1, 0.15) is 24.8 Å². The molecule has 3 heterocycles. The van der Waals surface area contributed by atoms with Gasteiger partial charge in [-0.25, -0.2) is 18.4 Å². The number of benzene rings is 1. The molecule has 0 aliphatic carbocycles. The normalized spacial score (nSPS) is 23.3. The standard InChI is InChI=1S/C19H23F2N5O/c20-16-3-2-15(8-17(16)21)9-24-6-1-4-19(11-24)5-7-25(12-19)18(27)10-26-14-22-13-23-26/h2-3,8,13-14H,1,4-7,9-12H2/t19-/m0/s1. The summed E-state index contributed by atoms with van der Waals surface area (Å²) in [6.07, 6.45) is 6.09. The van der Waals surface area contributed by atoms with Gasteiger partial charge in [0.1, 0.15) is 19.2 Å². The molecule has 2 aromatic rings. The number of carbonyl (C=O) groups excluding carboxylic acids is 1. The Morgan fingerprint density at radius 3 is 2.81 bits per heavy atom. The van der Waals surface area contributed by atoms with Gasteiger partial charge in [-0.05, 0) is 43.5 Å². The highest BCUT2D eigenvalue weighted by Crippen LogP contribution is 2.39. The molecule has 0 radical (unpaired) electrons. The van der Waals surface area contributed by atoms with E-state index < -0.39 is 11.6 Å². The number of hydrogen-bond donors (Lipinski definition) is 0. The second-order valence-corrected chi connectivity index (χ2v) is 7.72. The van der Waals surface area contributed by atoms with E-state index in [1.807, 2.05) is 4.90 Å². The van der Waals surface area contributed by atoms with Gasteiger partial charge in [-0.15, -0.1) is 0 Å². The van der Waals surface area contributed by atoms with Crippen LogP contribution in [0, 0.1) is 17.0 Å². The van der Waals surface area contributed by atoms with E-state index in [4.69, 9.17) is 0 Å². The second kappa shape index (κ2) is 7.34. The van der Waals surface area contributed by atoms with Crippen LogP contribution in [0.25, 0.3) is 0 Å². The number of carbonyl (C=O) groups is 1. The average Bonchev–Trinajstić information content (AvgIpc) is 3.29. The van der Waals surface area contributed by atoms with Crippen LogP contribution >= 0.6 is 0 Å². The van der Waals surface area contributed by atoms with Crippen molar-refractivity contribution < 1.29 is 13.6 Å². The maximum absolute atomic E-state index is 13.5. The van der Waals surface area contributed by atoms with Crippen molar-refractivity contribution in [1.82, 2.24) is 24.6 Å². The van der Waals surface area contributed by atoms with Gasteiger partial charge in [0.2, 0.25) is 5.91 Å². The molecule has 6 nitrogen and oxygen atoms in total. The Bertz CT molecular complexity index is 812. The molecule has 1 spiro atoms. The maximum Gasteiger partial charge on any atom is 0.244 e. The van der Waals surface area contributed by atoms with E-state index in [2.05, 4.69) is 15.0 Å². The second-order valence-electron chi connectivity index (χ2n) is 7.72. The molecular formula is C19H23F2N5O. The van der Waals surface area contributed by atoms with Crippen molar-refractivity contribution in [2.24, 2.45) is 5.41 Å². The number of piperidine rings is 1. The molecule has 0 N–H and O–H groups in total. The summed E-state index contributed by atoms with van der Waals surface area (Å²) in [7, 11) is 0. The van der Waals surface area contributed by atoms with Crippen LogP contribution in [0.5, 0.6) is 0 Å². The molecule has 4 rings (SSSR count). The van der Waals surface area contributed by atoms with E-state index in [1.54, 1.807) is 17.1 Å². The SMILES string of the molecule is O=C(Cn1cncn1)N1CC[C@]2(CCCN(Cc3ccc(F)c(F)c3)C2)C1. The van der Waals surface area contributed by atoms with Crippen LogP contribution in [-0.2, 0) is 17.9 Å². The molecule has 1 amide bonds. The number of amides is 1. The van der Waals surface area contributed by atoms with E-state index >= 15 is 0 Å². The van der Waals surface area contributed by atoms with Crippen molar-refractivity contribution >= 4 is 5.91 Å². The van der Waals surface area contributed by atoms with Crippen molar-refractivity contribution in [2.75, 3.05) is 26.2 Å². The Kier molecular flexibility index (Phi) is 4.90. The predicted molar refractivity (Wildman–Crippen MR) is 94.5 cm³/mol. The van der Waals surface area contributed by atoms with Crippen molar-refractivity contribution in [3.8, 4) is 0 Å². The van der Waals surface area contributed by atoms with Gasteiger partial charge in [0.25, 0.3) is 0 Å². The molecule has 1 aromatic heterocycles. The van der Waals surface area contributed by atoms with Gasteiger partial charge in [-0.2, -0.15) is 5.10 Å². The third-order valence-corrected chi connectivity index (χ3v) is 5.69. The Labute approximate surface area is 156 Å². The van der Waals surface area contributed by atoms with Crippen molar-refractivity contribution in [2.45, 2.75) is 32.4 Å². The summed E-state index contributed by atoms with van der Waals surface area (Å²) in [6, 6.07) is 4.10. The molecule has 144 valence electrons. The lowest BCUT2D eigenvalue weighted by atomic mass is 9.79. The smallest absolute Gasteiger partial charge is 0.244 e. The minimum Gasteiger partial charge on any atom is -0.340 e. The number of halogens is 2. The largest absolute Gasteiger partial charge is 0.340 e. The van der Waals surface area contributed by atoms with E-state index in [1.165, 1.54) is 18.5 Å². The number of aromatic nitrogens is 3. The van der Waals surface area contributed by atoms with Crippen LogP contribution in [0.3, 0.4) is 0 Å². The van der Waals surface area contributed by atoms with Gasteiger partial charge in [0.15, 0.2) is 11.6 Å². The first-order valence-electron chi connectivity index (χ1n) is 9.30. The first-order chi connectivity index (χ1) is 13.0. The number of rotatable bonds is 4. The molecule has 2 aliphatic heterocycles. The quantitative estimate of drug-likeness (QED) is 0.821. The summed E-state index contributed by atoms with van der Waals surface area (Å²) in [6.45, 7) is 4.13. The monoisotopic (exact) mass is 375 g/mol. The lowest BCUT2D eigenvalue weighted by molar-refractivity contribution is -0.131. The van der Waals surface area contributed by atoms with E-state index in [0.717, 1.165) is 51.0 Å². The van der Waals surface area contributed by atoms with Crippen LogP contribution in [0.4, 0.5) is 8.78 Å². The summed E-state index contributed by atoms with van der Waals surface area (Å²) >= 11 is 0. The van der Waals surface area contributed by atoms with Gasteiger partial charge < -0.3 is 4.90 Å². The Balaban J connectivity index is 1.37. The zero-order valence-electron chi connectivity index (χ0n) is 15.2. The highest BCUT2D eigenvalue weighted by Gasteiger charge is 2.42. The Morgan fingerprint density at radius 2 is 2.04 bits per heavy atom. The van der Waals surface area contributed by atoms with Gasteiger partial charge in [-0.1, -0.05) is 6.07 Å².